The van der Waals surface area contributed by atoms with Crippen molar-refractivity contribution in [1.29, 1.82) is 0 Å². The molecule has 0 aliphatic rings. The van der Waals surface area contributed by atoms with Gasteiger partial charge in [0.1, 0.15) is 0 Å². The number of rotatable bonds is 2. The lowest BCUT2D eigenvalue weighted by Gasteiger charge is -2.06. The average molecular weight is 336 g/mol. The van der Waals surface area contributed by atoms with Crippen LogP contribution in [0.2, 0.25) is 0 Å². The molecule has 1 aromatic heterocycles. The van der Waals surface area contributed by atoms with Gasteiger partial charge in [-0.25, -0.2) is 0 Å². The van der Waals surface area contributed by atoms with Crippen LogP contribution in [0, 0.1) is 0 Å². The summed E-state index contributed by atoms with van der Waals surface area (Å²) in [5.41, 5.74) is 3.89. The van der Waals surface area contributed by atoms with Gasteiger partial charge < -0.3 is 4.98 Å². The zero-order valence-electron chi connectivity index (χ0n) is 11.4. The molecule has 0 bridgehead atoms. The molecule has 0 atom stereocenters. The number of hydrogen-bond donors (Lipinski definition) is 1. The molecule has 0 spiro atoms. The highest BCUT2D eigenvalue weighted by molar-refractivity contribution is 9.10. The van der Waals surface area contributed by atoms with Crippen LogP contribution in [0.15, 0.2) is 71.3 Å². The summed E-state index contributed by atoms with van der Waals surface area (Å²) in [6.07, 6.45) is 3.07. The summed E-state index contributed by atoms with van der Waals surface area (Å²) < 4.78 is 1.12. The van der Waals surface area contributed by atoms with Crippen molar-refractivity contribution in [2.24, 2.45) is 0 Å². The fourth-order valence-corrected chi connectivity index (χ4v) is 3.31. The van der Waals surface area contributed by atoms with E-state index in [2.05, 4.69) is 87.8 Å². The van der Waals surface area contributed by atoms with Crippen LogP contribution in [0.3, 0.4) is 0 Å². The first-order chi connectivity index (χ1) is 10.3. The maximum Gasteiger partial charge on any atom is 0.0457 e. The molecule has 3 aromatic carbocycles. The van der Waals surface area contributed by atoms with Crippen molar-refractivity contribution in [3.8, 4) is 0 Å². The van der Waals surface area contributed by atoms with Gasteiger partial charge in [0, 0.05) is 28.0 Å². The second-order valence-electron chi connectivity index (χ2n) is 5.32. The largest absolute Gasteiger partial charge is 0.361 e. The normalized spacial score (nSPS) is 11.3. The second kappa shape index (κ2) is 5.05. The summed E-state index contributed by atoms with van der Waals surface area (Å²) >= 11 is 3.56. The van der Waals surface area contributed by atoms with Crippen molar-refractivity contribution in [1.82, 2.24) is 4.98 Å². The van der Waals surface area contributed by atoms with E-state index >= 15 is 0 Å². The molecule has 102 valence electrons. The fourth-order valence-electron chi connectivity index (χ4n) is 2.95. The number of nitrogens with one attached hydrogen (secondary N) is 1. The van der Waals surface area contributed by atoms with E-state index in [0.717, 1.165) is 10.9 Å². The second-order valence-corrected chi connectivity index (χ2v) is 6.23. The van der Waals surface area contributed by atoms with E-state index in [0.29, 0.717) is 0 Å². The van der Waals surface area contributed by atoms with E-state index in [1.807, 2.05) is 0 Å². The first-order valence-electron chi connectivity index (χ1n) is 7.03. The lowest BCUT2D eigenvalue weighted by molar-refractivity contribution is 1.23. The molecule has 0 fully saturated rings. The minimum atomic E-state index is 0.942. The number of H-pyrrole nitrogens is 1. The summed E-state index contributed by atoms with van der Waals surface area (Å²) in [5, 5.41) is 3.93. The van der Waals surface area contributed by atoms with E-state index in [1.165, 1.54) is 32.8 Å². The Bertz CT molecular complexity index is 931. The van der Waals surface area contributed by atoms with E-state index in [1.54, 1.807) is 0 Å². The molecule has 1 nitrogen and oxygen atoms in total. The quantitative estimate of drug-likeness (QED) is 0.485. The molecule has 0 saturated carbocycles. The molecule has 0 unspecified atom stereocenters. The molecule has 1 N–H and O–H groups in total. The van der Waals surface area contributed by atoms with Gasteiger partial charge in [-0.1, -0.05) is 58.4 Å². The van der Waals surface area contributed by atoms with Gasteiger partial charge in [-0.15, -0.1) is 0 Å². The van der Waals surface area contributed by atoms with Crippen LogP contribution < -0.4 is 0 Å². The molecule has 0 aliphatic heterocycles. The van der Waals surface area contributed by atoms with Gasteiger partial charge in [-0.3, -0.25) is 0 Å². The van der Waals surface area contributed by atoms with Crippen molar-refractivity contribution < 1.29 is 0 Å². The fraction of sp³-hybridized carbons (Fsp3) is 0.0526. The third-order valence-corrected chi connectivity index (χ3v) is 4.48. The van der Waals surface area contributed by atoms with Crippen LogP contribution in [0.4, 0.5) is 0 Å². The zero-order chi connectivity index (χ0) is 14.2. The first kappa shape index (κ1) is 12.7. The highest BCUT2D eigenvalue weighted by atomic mass is 79.9. The SMILES string of the molecule is Brc1ccc2[nH]cc(Cc3cccc4ccccc34)c2c1. The average Bonchev–Trinajstić information content (AvgIpc) is 2.90. The van der Waals surface area contributed by atoms with Crippen LogP contribution >= 0.6 is 15.9 Å². The van der Waals surface area contributed by atoms with Gasteiger partial charge in [0.15, 0.2) is 0 Å². The standard InChI is InChI=1S/C19H14BrN/c20-16-8-9-19-18(11-16)15(12-21-19)10-14-6-3-5-13-4-1-2-7-17(13)14/h1-9,11-12,21H,10H2. The summed E-state index contributed by atoms with van der Waals surface area (Å²) in [6.45, 7) is 0. The molecule has 0 radical (unpaired) electrons. The Hall–Kier alpha value is -2.06. The van der Waals surface area contributed by atoms with Crippen LogP contribution in [0.5, 0.6) is 0 Å². The Morgan fingerprint density at radius 1 is 0.810 bits per heavy atom. The van der Waals surface area contributed by atoms with Crippen molar-refractivity contribution in [2.45, 2.75) is 6.42 Å². The number of aromatic nitrogens is 1. The summed E-state index contributed by atoms with van der Waals surface area (Å²) in [6, 6.07) is 21.5. The van der Waals surface area contributed by atoms with Gasteiger partial charge in [0.2, 0.25) is 0 Å². The minimum Gasteiger partial charge on any atom is -0.361 e. The van der Waals surface area contributed by atoms with Gasteiger partial charge in [-0.2, -0.15) is 0 Å². The van der Waals surface area contributed by atoms with Gasteiger partial charge >= 0.3 is 0 Å². The maximum atomic E-state index is 3.56. The van der Waals surface area contributed by atoms with Crippen molar-refractivity contribution in [3.63, 3.8) is 0 Å². The number of fused-ring (bicyclic) bond motifs is 2. The summed E-state index contributed by atoms with van der Waals surface area (Å²) in [7, 11) is 0. The molecule has 4 rings (SSSR count). The number of aromatic amines is 1. The maximum absolute atomic E-state index is 3.56. The predicted octanol–water partition coefficient (Wildman–Crippen LogP) is 5.67. The number of halogens is 1. The van der Waals surface area contributed by atoms with Gasteiger partial charge in [0.05, 0.1) is 0 Å². The van der Waals surface area contributed by atoms with Crippen molar-refractivity contribution >= 4 is 37.6 Å². The molecule has 21 heavy (non-hydrogen) atoms. The molecule has 4 aromatic rings. The highest BCUT2D eigenvalue weighted by Gasteiger charge is 2.07. The number of hydrogen-bond acceptors (Lipinski definition) is 0. The third-order valence-electron chi connectivity index (χ3n) is 3.99. The van der Waals surface area contributed by atoms with Crippen LogP contribution in [-0.4, -0.2) is 4.98 Å². The van der Waals surface area contributed by atoms with E-state index in [-0.39, 0.29) is 0 Å². The molecular weight excluding hydrogens is 322 g/mol. The molecule has 2 heteroatoms. The molecule has 0 saturated heterocycles. The third kappa shape index (κ3) is 2.26. The summed E-state index contributed by atoms with van der Waals surface area (Å²) in [5.74, 6) is 0. The van der Waals surface area contributed by atoms with Crippen molar-refractivity contribution in [3.05, 3.63) is 82.5 Å². The lowest BCUT2D eigenvalue weighted by atomic mass is 9.98. The Labute approximate surface area is 131 Å². The predicted molar refractivity (Wildman–Crippen MR) is 92.8 cm³/mol. The Kier molecular flexibility index (Phi) is 3.04. The highest BCUT2D eigenvalue weighted by Crippen LogP contribution is 2.27. The molecule has 0 aliphatic carbocycles. The number of benzene rings is 3. The summed E-state index contributed by atoms with van der Waals surface area (Å²) in [4.78, 5) is 3.36. The van der Waals surface area contributed by atoms with Gasteiger partial charge in [0.25, 0.3) is 0 Å². The lowest BCUT2D eigenvalue weighted by Crippen LogP contribution is -1.88. The Morgan fingerprint density at radius 3 is 2.62 bits per heavy atom. The molecular formula is C19H14BrN. The van der Waals surface area contributed by atoms with Gasteiger partial charge in [-0.05, 0) is 40.1 Å². The van der Waals surface area contributed by atoms with Crippen LogP contribution in [0.1, 0.15) is 11.1 Å². The zero-order valence-corrected chi connectivity index (χ0v) is 13.0. The molecule has 0 amide bonds. The molecule has 1 heterocycles. The van der Waals surface area contributed by atoms with Crippen LogP contribution in [-0.2, 0) is 6.42 Å². The van der Waals surface area contributed by atoms with Crippen LogP contribution in [0.25, 0.3) is 21.7 Å². The first-order valence-corrected chi connectivity index (χ1v) is 7.83. The van der Waals surface area contributed by atoms with E-state index in [4.69, 9.17) is 0 Å². The smallest absolute Gasteiger partial charge is 0.0457 e. The Morgan fingerprint density at radius 2 is 1.67 bits per heavy atom. The van der Waals surface area contributed by atoms with E-state index < -0.39 is 0 Å². The van der Waals surface area contributed by atoms with Crippen molar-refractivity contribution in [2.75, 3.05) is 0 Å². The monoisotopic (exact) mass is 335 g/mol. The minimum absolute atomic E-state index is 0.942. The Balaban J connectivity index is 1.85. The van der Waals surface area contributed by atoms with E-state index in [9.17, 15) is 0 Å². The topological polar surface area (TPSA) is 15.8 Å².